The summed E-state index contributed by atoms with van der Waals surface area (Å²) < 4.78 is 46.5. The number of aliphatic hydroxyl groups is 1. The minimum Gasteiger partial charge on any atom is -0.458 e. The van der Waals surface area contributed by atoms with Gasteiger partial charge in [0.05, 0.1) is 58.0 Å². The van der Waals surface area contributed by atoms with Gasteiger partial charge >= 0.3 is 30.4 Å². The van der Waals surface area contributed by atoms with E-state index in [1.807, 2.05) is 38.1 Å². The Morgan fingerprint density at radius 1 is 0.619 bits per heavy atom. The van der Waals surface area contributed by atoms with Gasteiger partial charge in [-0.25, -0.2) is 33.9 Å². The maximum absolute atomic E-state index is 14.1. The highest BCUT2D eigenvalue weighted by atomic mass is 33.1. The summed E-state index contributed by atoms with van der Waals surface area (Å²) >= 11 is 0. The van der Waals surface area contributed by atoms with Crippen LogP contribution < -0.4 is 30.8 Å². The maximum atomic E-state index is 14.1. The summed E-state index contributed by atoms with van der Waals surface area (Å²) in [5.74, 6) is 0.0198. The van der Waals surface area contributed by atoms with Crippen molar-refractivity contribution >= 4 is 85.4 Å². The molecule has 0 saturated carbocycles. The molecule has 5 aliphatic rings. The van der Waals surface area contributed by atoms with Crippen LogP contribution in [0.1, 0.15) is 137 Å². The highest BCUT2D eigenvalue weighted by Gasteiger charge is 2.51. The topological polar surface area (TPSA) is 285 Å². The second kappa shape index (κ2) is 27.9. The number of aryl methyl sites for hydroxylation is 2. The number of anilines is 1. The smallest absolute Gasteiger partial charge is 0.458 e. The Kier molecular flexibility index (Phi) is 19.9. The van der Waals surface area contributed by atoms with E-state index in [4.69, 9.17) is 47.9 Å². The molecular weight excluding hydrogens is 1290 g/mol. The number of aromatic nitrogens is 4. The van der Waals surface area contributed by atoms with Crippen LogP contribution in [-0.2, 0) is 88.4 Å². The van der Waals surface area contributed by atoms with Crippen LogP contribution in [0, 0.1) is 0 Å². The van der Waals surface area contributed by atoms with Gasteiger partial charge in [0.25, 0.3) is 17.0 Å². The Morgan fingerprint density at radius 2 is 1.12 bits per heavy atom. The number of fused-ring (bicyclic) bond motifs is 10. The molecule has 0 aliphatic carbocycles. The number of pyridine rings is 4. The molecule has 26 heteroatoms. The lowest BCUT2D eigenvalue weighted by molar-refractivity contribution is -0.175. The Labute approximate surface area is 568 Å². The third kappa shape index (κ3) is 14.1. The number of esters is 2. The molecule has 2 N–H and O–H groups in total. The fraction of sp³-hybridized carbons (Fsp3) is 0.437. The SMILES string of the molecule is CCc1c2c(nc3ccc(OC(=O)OC(C)(C)C)cc13)-c1cc3c(c(=O)n1C2)COC(=O)[C@@]3(CC)OC(=O)OCCSSCCNC(=O)c1ccc(N2CCN(C)CC2)cc1.CCc1c2c(nc3ccc(OC(=O)OC(C)(C)C)cc13)-c1cc3c(c(=O)n1C2)COC(=O)[C@]3(O)CC. The van der Waals surface area contributed by atoms with Crippen molar-refractivity contribution in [3.63, 3.8) is 0 Å². The predicted molar refractivity (Wildman–Crippen MR) is 365 cm³/mol. The van der Waals surface area contributed by atoms with Gasteiger partial charge in [0.1, 0.15) is 42.5 Å². The van der Waals surface area contributed by atoms with Crippen LogP contribution in [0.5, 0.6) is 11.5 Å². The number of benzene rings is 3. The molecule has 0 bridgehead atoms. The normalized spacial score (nSPS) is 17.6. The number of hydrogen-bond acceptors (Lipinski definition) is 23. The van der Waals surface area contributed by atoms with E-state index >= 15 is 0 Å². The summed E-state index contributed by atoms with van der Waals surface area (Å²) in [4.78, 5) is 118. The highest BCUT2D eigenvalue weighted by molar-refractivity contribution is 8.76. The molecular formula is C71H79N7O17S2. The molecule has 0 radical (unpaired) electrons. The van der Waals surface area contributed by atoms with Gasteiger partial charge in [-0.15, -0.1) is 0 Å². The number of rotatable bonds is 16. The number of cyclic esters (lactones) is 2. The van der Waals surface area contributed by atoms with Crippen molar-refractivity contribution < 1.29 is 71.8 Å². The Balaban J connectivity index is 0.000000224. The van der Waals surface area contributed by atoms with Crippen molar-refractivity contribution in [2.24, 2.45) is 0 Å². The molecule has 12 rings (SSSR count). The zero-order chi connectivity index (χ0) is 69.5. The minimum atomic E-state index is -1.91. The van der Waals surface area contributed by atoms with Gasteiger partial charge < -0.3 is 67.3 Å². The second-order valence-corrected chi connectivity index (χ2v) is 28.8. The van der Waals surface area contributed by atoms with Crippen LogP contribution in [0.25, 0.3) is 44.6 Å². The fourth-order valence-corrected chi connectivity index (χ4v) is 14.5. The van der Waals surface area contributed by atoms with Crippen molar-refractivity contribution in [3.05, 3.63) is 144 Å². The van der Waals surface area contributed by atoms with Crippen LogP contribution in [0.4, 0.5) is 20.1 Å². The molecule has 0 spiro atoms. The van der Waals surface area contributed by atoms with Crippen molar-refractivity contribution in [2.75, 3.05) is 62.8 Å². The number of ether oxygens (including phenoxy) is 8. The van der Waals surface area contributed by atoms with Crippen molar-refractivity contribution in [2.45, 2.75) is 144 Å². The van der Waals surface area contributed by atoms with E-state index in [9.17, 15) is 43.5 Å². The van der Waals surface area contributed by atoms with E-state index in [0.717, 1.165) is 64.9 Å². The van der Waals surface area contributed by atoms with E-state index in [1.165, 1.54) is 21.6 Å². The van der Waals surface area contributed by atoms with E-state index < -0.39 is 52.8 Å². The lowest BCUT2D eigenvalue weighted by Gasteiger charge is -2.35. The maximum Gasteiger partial charge on any atom is 0.514 e. The zero-order valence-electron chi connectivity index (χ0n) is 56.2. The van der Waals surface area contributed by atoms with Crippen molar-refractivity contribution in [1.29, 1.82) is 0 Å². The molecule has 97 heavy (non-hydrogen) atoms. The van der Waals surface area contributed by atoms with Gasteiger partial charge in [-0.05, 0) is 158 Å². The summed E-state index contributed by atoms with van der Waals surface area (Å²) in [6, 6.07) is 21.4. The molecule has 9 heterocycles. The van der Waals surface area contributed by atoms with Crippen LogP contribution in [0.15, 0.2) is 82.4 Å². The number of amides is 1. The number of piperazine rings is 1. The number of nitrogens with one attached hydrogen (secondary N) is 1. The lowest BCUT2D eigenvalue weighted by Crippen LogP contribution is -2.47. The molecule has 1 amide bonds. The van der Waals surface area contributed by atoms with Gasteiger partial charge in [0.2, 0.25) is 5.60 Å². The van der Waals surface area contributed by atoms with E-state index in [0.29, 0.717) is 88.3 Å². The summed E-state index contributed by atoms with van der Waals surface area (Å²) in [6.45, 7) is 22.4. The van der Waals surface area contributed by atoms with Gasteiger partial charge in [-0.2, -0.15) is 0 Å². The van der Waals surface area contributed by atoms with Crippen LogP contribution in [-0.4, -0.2) is 135 Å². The molecule has 512 valence electrons. The molecule has 24 nitrogen and oxygen atoms in total. The molecule has 2 atom stereocenters. The Hall–Kier alpha value is -8.98. The van der Waals surface area contributed by atoms with Gasteiger partial charge in [0, 0.05) is 88.5 Å². The first-order valence-corrected chi connectivity index (χ1v) is 34.9. The first-order chi connectivity index (χ1) is 46.2. The summed E-state index contributed by atoms with van der Waals surface area (Å²) in [5, 5.41) is 15.6. The zero-order valence-corrected chi connectivity index (χ0v) is 57.9. The largest absolute Gasteiger partial charge is 0.514 e. The summed E-state index contributed by atoms with van der Waals surface area (Å²) in [7, 11) is 5.12. The number of hydrogen-bond donors (Lipinski definition) is 2. The minimum absolute atomic E-state index is 0.00570. The molecule has 1 saturated heterocycles. The van der Waals surface area contributed by atoms with Crippen LogP contribution >= 0.6 is 21.6 Å². The van der Waals surface area contributed by atoms with Crippen molar-refractivity contribution in [3.8, 4) is 34.3 Å². The first-order valence-electron chi connectivity index (χ1n) is 32.4. The third-order valence-corrected chi connectivity index (χ3v) is 20.0. The molecule has 3 aromatic carbocycles. The lowest BCUT2D eigenvalue weighted by atomic mass is 9.85. The Bertz CT molecular complexity index is 4440. The average molecular weight is 1370 g/mol. The van der Waals surface area contributed by atoms with E-state index in [1.54, 1.807) is 113 Å². The second-order valence-electron chi connectivity index (χ2n) is 26.1. The average Bonchev–Trinajstić information content (AvgIpc) is 1.64. The number of carbonyl (C=O) groups excluding carboxylic acids is 6. The van der Waals surface area contributed by atoms with Gasteiger partial charge in [-0.3, -0.25) is 14.4 Å². The van der Waals surface area contributed by atoms with Gasteiger partial charge in [-0.1, -0.05) is 49.3 Å². The number of carbonyl (C=O) groups is 6. The third-order valence-electron chi connectivity index (χ3n) is 17.6. The molecule has 7 aromatic rings. The standard InChI is InChI=1S/C44H51N5O10S2.C27H28N2O7/c1-7-30-31-23-29(57-42(54)58-43(3,4)5)13-14-35(31)46-37-32(30)25-49-36(37)24-34-33(39(49)51)26-56-40(52)44(34,8-2)59-41(53)55-20-22-61-60-21-15-45-38(50)27-9-11-28(12-10-27)48-18-16-47(6)17-19-48;1-6-15-16-10-14(35-25(32)36-26(3,4)5)8-9-20(16)28-22-17(15)12-29-21(22)11-19-18(23(29)30)13-34-24(31)27(19,33)7-2/h9-14,23-24H,7-8,15-22,25-26H2,1-6H3,(H,45,50);8-11,33H,6-7,12-13H2,1-5H3/t44-;27-/m00/s1. The van der Waals surface area contributed by atoms with E-state index in [2.05, 4.69) is 22.2 Å². The quantitative estimate of drug-likeness (QED) is 0.0299. The predicted octanol–water partition coefficient (Wildman–Crippen LogP) is 10.6. The first kappa shape index (κ1) is 69.4. The van der Waals surface area contributed by atoms with Crippen molar-refractivity contribution in [1.82, 2.24) is 29.3 Å². The molecule has 5 aliphatic heterocycles. The number of nitrogens with zero attached hydrogens (tertiary/aromatic N) is 6. The van der Waals surface area contributed by atoms with Crippen LogP contribution in [0.2, 0.25) is 0 Å². The highest BCUT2D eigenvalue weighted by Crippen LogP contribution is 2.44. The Morgan fingerprint density at radius 3 is 1.63 bits per heavy atom. The van der Waals surface area contributed by atoms with Gasteiger partial charge in [0.15, 0.2) is 5.60 Å². The monoisotopic (exact) mass is 1370 g/mol. The van der Waals surface area contributed by atoms with E-state index in [-0.39, 0.29) is 78.5 Å². The van der Waals surface area contributed by atoms with Crippen LogP contribution in [0.3, 0.4) is 0 Å². The molecule has 0 unspecified atom stereocenters. The molecule has 1 fully saturated rings. The fourth-order valence-electron chi connectivity index (χ4n) is 12.8. The number of likely N-dealkylation sites (N-methyl/N-ethyl adjacent to an activating group) is 1. The summed E-state index contributed by atoms with van der Waals surface area (Å²) in [6.07, 6.45) is -1.36. The summed E-state index contributed by atoms with van der Waals surface area (Å²) in [5.41, 5.74) is 4.02. The molecule has 4 aromatic heterocycles.